The zero-order chi connectivity index (χ0) is 15.1. The monoisotopic (exact) mass is 291 g/mol. The molecular weight excluding hydrogens is 266 g/mol. The van der Waals surface area contributed by atoms with Crippen molar-refractivity contribution in [1.29, 1.82) is 0 Å². The average Bonchev–Trinajstić information content (AvgIpc) is 2.54. The summed E-state index contributed by atoms with van der Waals surface area (Å²) in [5.41, 5.74) is 2.32. The van der Waals surface area contributed by atoms with Crippen LogP contribution in [0.2, 0.25) is 0 Å². The molecule has 1 aromatic carbocycles. The maximum absolute atomic E-state index is 12.3. The fraction of sp³-hybridized carbons (Fsp3) is 0.562. The van der Waals surface area contributed by atoms with E-state index >= 15 is 0 Å². The van der Waals surface area contributed by atoms with Crippen LogP contribution in [0.25, 0.3) is 0 Å². The van der Waals surface area contributed by atoms with Gasteiger partial charge in [-0.15, -0.1) is 0 Å². The Balaban J connectivity index is 2.08. The van der Waals surface area contributed by atoms with Gasteiger partial charge in [-0.2, -0.15) is 0 Å². The Morgan fingerprint density at radius 2 is 2.14 bits per heavy atom. The topological polar surface area (TPSA) is 53.6 Å². The Labute approximate surface area is 126 Å². The number of carbonyl (C=O) groups is 1. The van der Waals surface area contributed by atoms with Gasteiger partial charge in [-0.25, -0.2) is 0 Å². The summed E-state index contributed by atoms with van der Waals surface area (Å²) in [5, 5.41) is 6.10. The fourth-order valence-electron chi connectivity index (χ4n) is 2.51. The number of morpholine rings is 1. The van der Waals surface area contributed by atoms with Crippen molar-refractivity contribution >= 4 is 11.6 Å². The van der Waals surface area contributed by atoms with Crippen LogP contribution in [0.15, 0.2) is 24.3 Å². The summed E-state index contributed by atoms with van der Waals surface area (Å²) in [6.07, 6.45) is 0.942. The van der Waals surface area contributed by atoms with Crippen LogP contribution < -0.4 is 15.5 Å². The normalized spacial score (nSPS) is 18.6. The predicted octanol–water partition coefficient (Wildman–Crippen LogP) is 1.14. The van der Waals surface area contributed by atoms with Gasteiger partial charge in [-0.1, -0.05) is 19.1 Å². The predicted molar refractivity (Wildman–Crippen MR) is 84.5 cm³/mol. The average molecular weight is 291 g/mol. The molecule has 1 heterocycles. The van der Waals surface area contributed by atoms with E-state index in [1.807, 2.05) is 7.05 Å². The maximum Gasteiger partial charge on any atom is 0.245 e. The first-order valence-electron chi connectivity index (χ1n) is 7.62. The van der Waals surface area contributed by atoms with Crippen molar-refractivity contribution in [1.82, 2.24) is 10.6 Å². The smallest absolute Gasteiger partial charge is 0.245 e. The second-order valence-corrected chi connectivity index (χ2v) is 5.27. The molecule has 0 spiro atoms. The molecule has 5 nitrogen and oxygen atoms in total. The van der Waals surface area contributed by atoms with Crippen LogP contribution in [0, 0.1) is 0 Å². The van der Waals surface area contributed by atoms with Gasteiger partial charge in [0.25, 0.3) is 0 Å². The Bertz CT molecular complexity index is 447. The number of benzene rings is 1. The first-order valence-corrected chi connectivity index (χ1v) is 7.62. The molecule has 1 amide bonds. The number of nitrogens with one attached hydrogen (secondary N) is 2. The van der Waals surface area contributed by atoms with Crippen LogP contribution in [0.4, 0.5) is 5.69 Å². The van der Waals surface area contributed by atoms with Gasteiger partial charge in [-0.3, -0.25) is 4.79 Å². The lowest BCUT2D eigenvalue weighted by molar-refractivity contribution is -0.124. The quantitative estimate of drug-likeness (QED) is 0.825. The fourth-order valence-corrected chi connectivity index (χ4v) is 2.51. The summed E-state index contributed by atoms with van der Waals surface area (Å²) in [4.78, 5) is 14.4. The van der Waals surface area contributed by atoms with Crippen LogP contribution in [0.5, 0.6) is 0 Å². The van der Waals surface area contributed by atoms with Gasteiger partial charge in [0.05, 0.1) is 13.2 Å². The number of anilines is 1. The second-order valence-electron chi connectivity index (χ2n) is 5.27. The van der Waals surface area contributed by atoms with Crippen LogP contribution in [0.1, 0.15) is 18.9 Å². The van der Waals surface area contributed by atoms with Gasteiger partial charge in [0, 0.05) is 25.3 Å². The van der Waals surface area contributed by atoms with Gasteiger partial charge in [-0.05, 0) is 31.2 Å². The molecule has 1 atom stereocenters. The van der Waals surface area contributed by atoms with Crippen LogP contribution in [0.3, 0.4) is 0 Å². The minimum atomic E-state index is -0.236. The summed E-state index contributed by atoms with van der Waals surface area (Å²) in [6.45, 7) is 5.48. The molecule has 0 aromatic heterocycles. The molecule has 2 N–H and O–H groups in total. The molecular formula is C16H25N3O2. The summed E-state index contributed by atoms with van der Waals surface area (Å²) < 4.78 is 5.48. The molecule has 0 saturated carbocycles. The highest BCUT2D eigenvalue weighted by Crippen LogP contribution is 2.20. The van der Waals surface area contributed by atoms with Crippen molar-refractivity contribution in [3.8, 4) is 0 Å². The van der Waals surface area contributed by atoms with E-state index in [4.69, 9.17) is 4.74 Å². The van der Waals surface area contributed by atoms with Crippen LogP contribution >= 0.6 is 0 Å². The maximum atomic E-state index is 12.3. The Hall–Kier alpha value is -1.59. The van der Waals surface area contributed by atoms with Gasteiger partial charge in [0.15, 0.2) is 0 Å². The Kier molecular flexibility index (Phi) is 6.02. The number of nitrogens with zero attached hydrogens (tertiary/aromatic N) is 1. The second kappa shape index (κ2) is 8.00. The first-order chi connectivity index (χ1) is 10.3. The van der Waals surface area contributed by atoms with E-state index in [-0.39, 0.29) is 11.9 Å². The van der Waals surface area contributed by atoms with Crippen LogP contribution in [-0.4, -0.2) is 45.3 Å². The number of carbonyl (C=O) groups excluding carboxylic acids is 1. The lowest BCUT2D eigenvalue weighted by Crippen LogP contribution is -2.54. The standard InChI is InChI=1S/C16H25N3O2/c1-3-8-18-16(20)15-12-21-10-9-19(15)14-6-4-13(5-7-14)11-17-2/h4-7,15,17H,3,8-12H2,1-2H3,(H,18,20). The van der Waals surface area contributed by atoms with Crippen molar-refractivity contribution in [3.05, 3.63) is 29.8 Å². The molecule has 1 unspecified atom stereocenters. The summed E-state index contributed by atoms with van der Waals surface area (Å²) in [5.74, 6) is 0.0517. The largest absolute Gasteiger partial charge is 0.377 e. The van der Waals surface area contributed by atoms with E-state index in [0.717, 1.165) is 25.2 Å². The van der Waals surface area contributed by atoms with Crippen LogP contribution in [-0.2, 0) is 16.1 Å². The van der Waals surface area contributed by atoms with Crippen molar-refractivity contribution in [3.63, 3.8) is 0 Å². The van der Waals surface area contributed by atoms with Gasteiger partial charge >= 0.3 is 0 Å². The molecule has 1 aliphatic heterocycles. The van der Waals surface area contributed by atoms with E-state index in [9.17, 15) is 4.79 Å². The van der Waals surface area contributed by atoms with Gasteiger partial charge in [0.1, 0.15) is 6.04 Å². The Morgan fingerprint density at radius 3 is 2.81 bits per heavy atom. The molecule has 2 rings (SSSR count). The minimum absolute atomic E-state index is 0.0517. The van der Waals surface area contributed by atoms with E-state index < -0.39 is 0 Å². The number of hydrogen-bond acceptors (Lipinski definition) is 4. The first kappa shape index (κ1) is 15.8. The van der Waals surface area contributed by atoms with Gasteiger partial charge < -0.3 is 20.3 Å². The third kappa shape index (κ3) is 4.19. The molecule has 5 heteroatoms. The summed E-state index contributed by atoms with van der Waals surface area (Å²) in [6, 6.07) is 8.13. The number of hydrogen-bond donors (Lipinski definition) is 2. The third-order valence-electron chi connectivity index (χ3n) is 3.63. The van der Waals surface area contributed by atoms with Crippen molar-refractivity contribution in [2.75, 3.05) is 38.3 Å². The highest BCUT2D eigenvalue weighted by atomic mass is 16.5. The molecule has 0 radical (unpaired) electrons. The number of amides is 1. The summed E-state index contributed by atoms with van der Waals surface area (Å²) >= 11 is 0. The van der Waals surface area contributed by atoms with E-state index in [1.54, 1.807) is 0 Å². The van der Waals surface area contributed by atoms with Gasteiger partial charge in [0.2, 0.25) is 5.91 Å². The molecule has 1 saturated heterocycles. The van der Waals surface area contributed by atoms with Crippen molar-refractivity contribution < 1.29 is 9.53 Å². The molecule has 1 fully saturated rings. The molecule has 1 aromatic rings. The molecule has 21 heavy (non-hydrogen) atoms. The SMILES string of the molecule is CCCNC(=O)C1COCCN1c1ccc(CNC)cc1. The zero-order valence-corrected chi connectivity index (χ0v) is 12.9. The lowest BCUT2D eigenvalue weighted by atomic mass is 10.1. The number of rotatable bonds is 6. The molecule has 116 valence electrons. The summed E-state index contributed by atoms with van der Waals surface area (Å²) in [7, 11) is 1.93. The molecule has 1 aliphatic rings. The van der Waals surface area contributed by atoms with Crippen molar-refractivity contribution in [2.45, 2.75) is 25.9 Å². The molecule has 0 bridgehead atoms. The highest BCUT2D eigenvalue weighted by molar-refractivity contribution is 5.85. The lowest BCUT2D eigenvalue weighted by Gasteiger charge is -2.36. The highest BCUT2D eigenvalue weighted by Gasteiger charge is 2.29. The van der Waals surface area contributed by atoms with E-state index in [2.05, 4.69) is 46.7 Å². The van der Waals surface area contributed by atoms with Crippen molar-refractivity contribution in [2.24, 2.45) is 0 Å². The van der Waals surface area contributed by atoms with E-state index in [1.165, 1.54) is 5.56 Å². The third-order valence-corrected chi connectivity index (χ3v) is 3.63. The number of ether oxygens (including phenoxy) is 1. The Morgan fingerprint density at radius 1 is 1.38 bits per heavy atom. The van der Waals surface area contributed by atoms with E-state index in [0.29, 0.717) is 19.8 Å². The molecule has 0 aliphatic carbocycles. The zero-order valence-electron chi connectivity index (χ0n) is 12.9. The minimum Gasteiger partial charge on any atom is -0.377 e.